The van der Waals surface area contributed by atoms with E-state index in [4.69, 9.17) is 5.73 Å². The molecule has 7 nitrogen and oxygen atoms in total. The van der Waals surface area contributed by atoms with Gasteiger partial charge in [0.05, 0.1) is 0 Å². The Balaban J connectivity index is 2.58. The fourth-order valence-corrected chi connectivity index (χ4v) is 2.10. The van der Waals surface area contributed by atoms with Crippen molar-refractivity contribution < 1.29 is 14.4 Å². The van der Waals surface area contributed by atoms with Crippen LogP contribution in [-0.4, -0.2) is 23.9 Å². The first kappa shape index (κ1) is 18.5. The van der Waals surface area contributed by atoms with Crippen molar-refractivity contribution in [3.05, 3.63) is 29.8 Å². The van der Waals surface area contributed by atoms with Crippen LogP contribution in [0.25, 0.3) is 0 Å². The number of hydrogen-bond donors (Lipinski definition) is 4. The maximum Gasteiger partial charge on any atom is 0.312 e. The lowest BCUT2D eigenvalue weighted by Crippen LogP contribution is -2.49. The Morgan fingerprint density at radius 3 is 2.22 bits per heavy atom. The van der Waals surface area contributed by atoms with E-state index in [-0.39, 0.29) is 17.7 Å². The number of amides is 4. The van der Waals surface area contributed by atoms with Gasteiger partial charge in [0.15, 0.2) is 0 Å². The molecule has 0 fully saturated rings. The second kappa shape index (κ2) is 8.77. The van der Waals surface area contributed by atoms with Gasteiger partial charge in [-0.05, 0) is 30.0 Å². The fraction of sp³-hybridized carbons (Fsp3) is 0.438. The van der Waals surface area contributed by atoms with E-state index in [9.17, 15) is 14.4 Å². The SMILES string of the molecule is CC(=O)Nc1ccc(CNC(=O)C(CC(C)C)NC(N)=O)cc1. The van der Waals surface area contributed by atoms with Crippen LogP contribution in [0.2, 0.25) is 0 Å². The molecule has 0 aliphatic heterocycles. The lowest BCUT2D eigenvalue weighted by atomic mass is 10.0. The highest BCUT2D eigenvalue weighted by Gasteiger charge is 2.20. The Kier molecular flexibility index (Phi) is 7.05. The standard InChI is InChI=1S/C16H24N4O3/c1-10(2)8-14(20-16(17)23)15(22)18-9-12-4-6-13(7-5-12)19-11(3)21/h4-7,10,14H,8-9H2,1-3H3,(H,18,22)(H,19,21)(H3,17,20,23). The van der Waals surface area contributed by atoms with Gasteiger partial charge >= 0.3 is 6.03 Å². The van der Waals surface area contributed by atoms with Gasteiger partial charge in [-0.15, -0.1) is 0 Å². The van der Waals surface area contributed by atoms with Crippen molar-refractivity contribution in [2.45, 2.75) is 39.8 Å². The van der Waals surface area contributed by atoms with Crippen molar-refractivity contribution in [3.8, 4) is 0 Å². The van der Waals surface area contributed by atoms with Crippen molar-refractivity contribution in [3.63, 3.8) is 0 Å². The lowest BCUT2D eigenvalue weighted by Gasteiger charge is -2.19. The number of carbonyl (C=O) groups excluding carboxylic acids is 3. The molecule has 7 heteroatoms. The summed E-state index contributed by atoms with van der Waals surface area (Å²) < 4.78 is 0. The number of rotatable bonds is 7. The largest absolute Gasteiger partial charge is 0.352 e. The average Bonchev–Trinajstić information content (AvgIpc) is 2.44. The second-order valence-corrected chi connectivity index (χ2v) is 5.79. The van der Waals surface area contributed by atoms with Crippen molar-refractivity contribution >= 4 is 23.5 Å². The van der Waals surface area contributed by atoms with E-state index < -0.39 is 12.1 Å². The predicted molar refractivity (Wildman–Crippen MR) is 88.6 cm³/mol. The van der Waals surface area contributed by atoms with Crippen LogP contribution in [0, 0.1) is 5.92 Å². The summed E-state index contributed by atoms with van der Waals surface area (Å²) in [6.45, 7) is 5.69. The van der Waals surface area contributed by atoms with E-state index >= 15 is 0 Å². The Hall–Kier alpha value is -2.57. The van der Waals surface area contributed by atoms with Crippen LogP contribution in [-0.2, 0) is 16.1 Å². The summed E-state index contributed by atoms with van der Waals surface area (Å²) in [6, 6.07) is 5.78. The molecule has 0 bridgehead atoms. The first-order chi connectivity index (χ1) is 10.8. The van der Waals surface area contributed by atoms with Crippen LogP contribution in [0.4, 0.5) is 10.5 Å². The van der Waals surface area contributed by atoms with Crippen LogP contribution >= 0.6 is 0 Å². The van der Waals surface area contributed by atoms with Gasteiger partial charge < -0.3 is 21.7 Å². The Morgan fingerprint density at radius 1 is 1.13 bits per heavy atom. The second-order valence-electron chi connectivity index (χ2n) is 5.79. The van der Waals surface area contributed by atoms with E-state index in [1.165, 1.54) is 6.92 Å². The molecule has 0 saturated carbocycles. The van der Waals surface area contributed by atoms with Crippen LogP contribution in [0.3, 0.4) is 0 Å². The van der Waals surface area contributed by atoms with Crippen molar-refractivity contribution in [1.82, 2.24) is 10.6 Å². The zero-order valence-electron chi connectivity index (χ0n) is 13.7. The minimum atomic E-state index is -0.717. The molecule has 0 aliphatic carbocycles. The minimum absolute atomic E-state index is 0.139. The number of carbonyl (C=O) groups is 3. The maximum absolute atomic E-state index is 12.2. The highest BCUT2D eigenvalue weighted by atomic mass is 16.2. The molecule has 5 N–H and O–H groups in total. The van der Waals surface area contributed by atoms with Gasteiger partial charge in [0.1, 0.15) is 6.04 Å². The molecule has 1 aromatic rings. The molecule has 1 unspecified atom stereocenters. The van der Waals surface area contributed by atoms with Gasteiger partial charge in [-0.1, -0.05) is 26.0 Å². The van der Waals surface area contributed by atoms with Gasteiger partial charge in [0.25, 0.3) is 0 Å². The molecular weight excluding hydrogens is 296 g/mol. The molecule has 126 valence electrons. The minimum Gasteiger partial charge on any atom is -0.352 e. The fourth-order valence-electron chi connectivity index (χ4n) is 2.10. The number of hydrogen-bond acceptors (Lipinski definition) is 3. The van der Waals surface area contributed by atoms with Gasteiger partial charge in [-0.25, -0.2) is 4.79 Å². The first-order valence-corrected chi connectivity index (χ1v) is 7.48. The molecular formula is C16H24N4O3. The topological polar surface area (TPSA) is 113 Å². The van der Waals surface area contributed by atoms with E-state index in [0.29, 0.717) is 18.7 Å². The summed E-state index contributed by atoms with van der Waals surface area (Å²) in [5, 5.41) is 7.90. The average molecular weight is 320 g/mol. The molecule has 0 spiro atoms. The molecule has 0 radical (unpaired) electrons. The van der Waals surface area contributed by atoms with Crippen molar-refractivity contribution in [2.24, 2.45) is 11.7 Å². The molecule has 0 heterocycles. The molecule has 0 aromatic heterocycles. The summed E-state index contributed by atoms with van der Waals surface area (Å²) in [4.78, 5) is 34.1. The number of nitrogens with two attached hydrogens (primary N) is 1. The third-order valence-electron chi connectivity index (χ3n) is 3.08. The number of urea groups is 1. The quantitative estimate of drug-likeness (QED) is 0.608. The van der Waals surface area contributed by atoms with Crippen LogP contribution < -0.4 is 21.7 Å². The molecule has 1 rings (SSSR count). The first-order valence-electron chi connectivity index (χ1n) is 7.48. The summed E-state index contributed by atoms with van der Waals surface area (Å²) in [5.41, 5.74) is 6.69. The summed E-state index contributed by atoms with van der Waals surface area (Å²) in [7, 11) is 0. The highest BCUT2D eigenvalue weighted by molar-refractivity contribution is 5.88. The van der Waals surface area contributed by atoms with Crippen molar-refractivity contribution in [2.75, 3.05) is 5.32 Å². The third-order valence-corrected chi connectivity index (χ3v) is 3.08. The van der Waals surface area contributed by atoms with Crippen LogP contribution in [0.1, 0.15) is 32.8 Å². The lowest BCUT2D eigenvalue weighted by molar-refractivity contribution is -0.123. The molecule has 1 aromatic carbocycles. The van der Waals surface area contributed by atoms with E-state index in [1.807, 2.05) is 26.0 Å². The van der Waals surface area contributed by atoms with Gasteiger partial charge in [-0.2, -0.15) is 0 Å². The number of anilines is 1. The number of nitrogens with one attached hydrogen (secondary N) is 3. The summed E-state index contributed by atoms with van der Waals surface area (Å²) in [5.74, 6) is -0.168. The third kappa shape index (κ3) is 7.30. The zero-order chi connectivity index (χ0) is 17.4. The molecule has 1 atom stereocenters. The van der Waals surface area contributed by atoms with Crippen LogP contribution in [0.5, 0.6) is 0 Å². The maximum atomic E-state index is 12.2. The Bertz CT molecular complexity index is 555. The summed E-state index contributed by atoms with van der Waals surface area (Å²) in [6.07, 6.45) is 0.510. The normalized spacial score (nSPS) is 11.7. The monoisotopic (exact) mass is 320 g/mol. The van der Waals surface area contributed by atoms with Gasteiger partial charge in [0, 0.05) is 19.2 Å². The van der Waals surface area contributed by atoms with Crippen LogP contribution in [0.15, 0.2) is 24.3 Å². The van der Waals surface area contributed by atoms with E-state index in [1.54, 1.807) is 12.1 Å². The van der Waals surface area contributed by atoms with E-state index in [0.717, 1.165) is 5.56 Å². The van der Waals surface area contributed by atoms with E-state index in [2.05, 4.69) is 16.0 Å². The predicted octanol–water partition coefficient (Wildman–Crippen LogP) is 1.34. The highest BCUT2D eigenvalue weighted by Crippen LogP contribution is 2.10. The number of primary amides is 1. The smallest absolute Gasteiger partial charge is 0.312 e. The Morgan fingerprint density at radius 2 is 1.74 bits per heavy atom. The molecule has 23 heavy (non-hydrogen) atoms. The Labute approximate surface area is 136 Å². The van der Waals surface area contributed by atoms with Gasteiger partial charge in [0.2, 0.25) is 11.8 Å². The molecule has 0 saturated heterocycles. The van der Waals surface area contributed by atoms with Crippen molar-refractivity contribution in [1.29, 1.82) is 0 Å². The zero-order valence-corrected chi connectivity index (χ0v) is 13.7. The number of benzene rings is 1. The molecule has 0 aliphatic rings. The summed E-state index contributed by atoms with van der Waals surface area (Å²) >= 11 is 0. The molecule has 4 amide bonds. The van der Waals surface area contributed by atoms with Gasteiger partial charge in [-0.3, -0.25) is 9.59 Å².